The van der Waals surface area contributed by atoms with Crippen LogP contribution >= 0.6 is 0 Å². The molecule has 0 saturated heterocycles. The van der Waals surface area contributed by atoms with E-state index in [-0.39, 0.29) is 6.04 Å². The van der Waals surface area contributed by atoms with Crippen molar-refractivity contribution >= 4 is 17.0 Å². The summed E-state index contributed by atoms with van der Waals surface area (Å²) in [4.78, 5) is 16.9. The molecule has 0 fully saturated rings. The molecule has 0 aliphatic rings. The van der Waals surface area contributed by atoms with Gasteiger partial charge in [-0.05, 0) is 57.4 Å². The molecule has 2 heterocycles. The SMILES string of the molecule is Cc1ccc(C)c(OC(=O)c2cnc3c(cnn3C(C)C)c2)c1C. The number of aromatic nitrogens is 3. The molecule has 0 saturated carbocycles. The highest BCUT2D eigenvalue weighted by Gasteiger charge is 2.16. The molecule has 124 valence electrons. The quantitative estimate of drug-likeness (QED) is 0.536. The van der Waals surface area contributed by atoms with Crippen molar-refractivity contribution < 1.29 is 9.53 Å². The van der Waals surface area contributed by atoms with E-state index in [9.17, 15) is 4.79 Å². The summed E-state index contributed by atoms with van der Waals surface area (Å²) in [5, 5.41) is 5.15. The average Bonchev–Trinajstić information content (AvgIpc) is 2.98. The number of pyridine rings is 1. The minimum absolute atomic E-state index is 0.213. The molecule has 0 bridgehead atoms. The highest BCUT2D eigenvalue weighted by molar-refractivity contribution is 5.94. The number of hydrogen-bond acceptors (Lipinski definition) is 4. The van der Waals surface area contributed by atoms with Crippen LogP contribution in [0, 0.1) is 20.8 Å². The van der Waals surface area contributed by atoms with Gasteiger partial charge in [0.15, 0.2) is 5.65 Å². The van der Waals surface area contributed by atoms with E-state index in [0.29, 0.717) is 11.3 Å². The molecule has 3 rings (SSSR count). The van der Waals surface area contributed by atoms with Gasteiger partial charge in [0, 0.05) is 17.6 Å². The summed E-state index contributed by atoms with van der Waals surface area (Å²) in [6, 6.07) is 5.97. The van der Waals surface area contributed by atoms with Crippen molar-refractivity contribution in [3.05, 3.63) is 52.8 Å². The van der Waals surface area contributed by atoms with Gasteiger partial charge >= 0.3 is 5.97 Å². The number of hydrogen-bond donors (Lipinski definition) is 0. The van der Waals surface area contributed by atoms with Gasteiger partial charge in [0.1, 0.15) is 5.75 Å². The number of fused-ring (bicyclic) bond motifs is 1. The molecule has 1 aromatic carbocycles. The smallest absolute Gasteiger partial charge is 0.345 e. The summed E-state index contributed by atoms with van der Waals surface area (Å²) in [5.74, 6) is 0.219. The van der Waals surface area contributed by atoms with Crippen LogP contribution in [0.5, 0.6) is 5.75 Å². The van der Waals surface area contributed by atoms with Gasteiger partial charge in [-0.25, -0.2) is 14.5 Å². The van der Waals surface area contributed by atoms with Gasteiger partial charge in [0.25, 0.3) is 0 Å². The Morgan fingerprint density at radius 3 is 2.54 bits per heavy atom. The standard InChI is InChI=1S/C19H21N3O2/c1-11(2)22-18-15(10-21-22)8-16(9-20-18)19(23)24-17-13(4)7-6-12(3)14(17)5/h6-11H,1-5H3. The number of aryl methyl sites for hydroxylation is 2. The summed E-state index contributed by atoms with van der Waals surface area (Å²) >= 11 is 0. The second-order valence-electron chi connectivity index (χ2n) is 6.36. The van der Waals surface area contributed by atoms with Crippen LogP contribution in [0.25, 0.3) is 11.0 Å². The summed E-state index contributed by atoms with van der Waals surface area (Å²) < 4.78 is 7.47. The molecule has 0 aliphatic heterocycles. The third-order valence-corrected chi connectivity index (χ3v) is 4.23. The normalized spacial score (nSPS) is 11.2. The Kier molecular flexibility index (Phi) is 4.09. The van der Waals surface area contributed by atoms with Crippen molar-refractivity contribution in [2.75, 3.05) is 0 Å². The Labute approximate surface area is 141 Å². The molecule has 24 heavy (non-hydrogen) atoms. The van der Waals surface area contributed by atoms with Crippen LogP contribution in [0.4, 0.5) is 0 Å². The van der Waals surface area contributed by atoms with E-state index >= 15 is 0 Å². The lowest BCUT2D eigenvalue weighted by Gasteiger charge is -2.12. The number of esters is 1. The highest BCUT2D eigenvalue weighted by Crippen LogP contribution is 2.27. The first-order valence-electron chi connectivity index (χ1n) is 8.00. The first-order valence-corrected chi connectivity index (χ1v) is 8.00. The Morgan fingerprint density at radius 1 is 1.12 bits per heavy atom. The van der Waals surface area contributed by atoms with Crippen LogP contribution in [-0.4, -0.2) is 20.7 Å². The predicted molar refractivity (Wildman–Crippen MR) is 93.5 cm³/mol. The van der Waals surface area contributed by atoms with E-state index in [4.69, 9.17) is 4.74 Å². The monoisotopic (exact) mass is 323 g/mol. The molecule has 0 N–H and O–H groups in total. The molecule has 0 amide bonds. The Hall–Kier alpha value is -2.69. The molecule has 3 aromatic rings. The Morgan fingerprint density at radius 2 is 1.83 bits per heavy atom. The minimum atomic E-state index is -0.404. The summed E-state index contributed by atoms with van der Waals surface area (Å²) in [6.07, 6.45) is 3.27. The zero-order valence-corrected chi connectivity index (χ0v) is 14.6. The molecule has 0 aliphatic carbocycles. The summed E-state index contributed by atoms with van der Waals surface area (Å²) in [7, 11) is 0. The van der Waals surface area contributed by atoms with Gasteiger partial charge in [-0.3, -0.25) is 0 Å². The van der Waals surface area contributed by atoms with Crippen LogP contribution in [0.3, 0.4) is 0 Å². The van der Waals surface area contributed by atoms with Crippen molar-refractivity contribution in [1.29, 1.82) is 0 Å². The maximum Gasteiger partial charge on any atom is 0.345 e. The van der Waals surface area contributed by atoms with E-state index in [1.54, 1.807) is 18.5 Å². The zero-order valence-electron chi connectivity index (χ0n) is 14.6. The minimum Gasteiger partial charge on any atom is -0.422 e. The van der Waals surface area contributed by atoms with Crippen LogP contribution < -0.4 is 4.74 Å². The van der Waals surface area contributed by atoms with Crippen molar-refractivity contribution in [3.63, 3.8) is 0 Å². The number of carbonyl (C=O) groups is 1. The number of benzene rings is 1. The second-order valence-corrected chi connectivity index (χ2v) is 6.36. The number of carbonyl (C=O) groups excluding carboxylic acids is 1. The lowest BCUT2D eigenvalue weighted by molar-refractivity contribution is 0.0732. The van der Waals surface area contributed by atoms with E-state index in [1.807, 2.05) is 51.4 Å². The first kappa shape index (κ1) is 16.2. The van der Waals surface area contributed by atoms with Crippen LogP contribution in [0.1, 0.15) is 46.9 Å². The lowest BCUT2D eigenvalue weighted by atomic mass is 10.1. The molecule has 0 radical (unpaired) electrons. The maximum absolute atomic E-state index is 12.5. The topological polar surface area (TPSA) is 57.0 Å². The van der Waals surface area contributed by atoms with Crippen molar-refractivity contribution in [1.82, 2.24) is 14.8 Å². The maximum atomic E-state index is 12.5. The molecular weight excluding hydrogens is 302 g/mol. The van der Waals surface area contributed by atoms with Crippen LogP contribution in [0.2, 0.25) is 0 Å². The van der Waals surface area contributed by atoms with E-state index in [0.717, 1.165) is 27.7 Å². The fourth-order valence-electron chi connectivity index (χ4n) is 2.66. The number of rotatable bonds is 3. The van der Waals surface area contributed by atoms with Gasteiger partial charge in [-0.15, -0.1) is 0 Å². The fraction of sp³-hybridized carbons (Fsp3) is 0.316. The Balaban J connectivity index is 1.94. The average molecular weight is 323 g/mol. The second kappa shape index (κ2) is 6.07. The first-order chi connectivity index (χ1) is 11.4. The molecule has 2 aromatic heterocycles. The number of ether oxygens (including phenoxy) is 1. The van der Waals surface area contributed by atoms with Crippen LogP contribution in [0.15, 0.2) is 30.6 Å². The van der Waals surface area contributed by atoms with E-state index < -0.39 is 5.97 Å². The molecule has 5 heteroatoms. The molecular formula is C19H21N3O2. The zero-order chi connectivity index (χ0) is 17.4. The third kappa shape index (κ3) is 2.77. The largest absolute Gasteiger partial charge is 0.422 e. The molecule has 0 spiro atoms. The van der Waals surface area contributed by atoms with Gasteiger partial charge in [-0.2, -0.15) is 5.10 Å². The van der Waals surface area contributed by atoms with Gasteiger partial charge in [0.05, 0.1) is 11.8 Å². The highest BCUT2D eigenvalue weighted by atomic mass is 16.5. The van der Waals surface area contributed by atoms with Crippen molar-refractivity contribution in [2.45, 2.75) is 40.7 Å². The Bertz CT molecular complexity index is 926. The fourth-order valence-corrected chi connectivity index (χ4v) is 2.66. The predicted octanol–water partition coefficient (Wildman–Crippen LogP) is 4.16. The molecule has 0 atom stereocenters. The number of nitrogens with zero attached hydrogens (tertiary/aromatic N) is 3. The molecule has 0 unspecified atom stereocenters. The summed E-state index contributed by atoms with van der Waals surface area (Å²) in [5.41, 5.74) is 4.20. The van der Waals surface area contributed by atoms with Crippen molar-refractivity contribution in [3.8, 4) is 5.75 Å². The van der Waals surface area contributed by atoms with E-state index in [2.05, 4.69) is 10.1 Å². The lowest BCUT2D eigenvalue weighted by Crippen LogP contribution is -2.11. The summed E-state index contributed by atoms with van der Waals surface area (Å²) in [6.45, 7) is 9.97. The molecule has 5 nitrogen and oxygen atoms in total. The van der Waals surface area contributed by atoms with Gasteiger partial charge < -0.3 is 4.74 Å². The van der Waals surface area contributed by atoms with Crippen LogP contribution in [-0.2, 0) is 0 Å². The van der Waals surface area contributed by atoms with Crippen molar-refractivity contribution in [2.24, 2.45) is 0 Å². The van der Waals surface area contributed by atoms with Gasteiger partial charge in [0.2, 0.25) is 0 Å². The third-order valence-electron chi connectivity index (χ3n) is 4.23. The van der Waals surface area contributed by atoms with Gasteiger partial charge in [-0.1, -0.05) is 12.1 Å². The van der Waals surface area contributed by atoms with E-state index in [1.165, 1.54) is 0 Å².